The fourth-order valence-electron chi connectivity index (χ4n) is 5.23. The Kier molecular flexibility index (Phi) is 5.39. The zero-order chi connectivity index (χ0) is 25.8. The third kappa shape index (κ3) is 3.99. The van der Waals surface area contributed by atoms with Crippen molar-refractivity contribution < 1.29 is 14.6 Å². The normalized spacial score (nSPS) is 20.4. The van der Waals surface area contributed by atoms with Crippen molar-refractivity contribution in [3.63, 3.8) is 0 Å². The van der Waals surface area contributed by atoms with Gasteiger partial charge in [-0.05, 0) is 44.4 Å². The maximum Gasteiger partial charge on any atom is 0.274 e. The van der Waals surface area contributed by atoms with Crippen molar-refractivity contribution in [2.75, 3.05) is 29.9 Å². The van der Waals surface area contributed by atoms with Crippen LogP contribution < -0.4 is 15.0 Å². The van der Waals surface area contributed by atoms with Gasteiger partial charge in [0.05, 0.1) is 53.0 Å². The first-order chi connectivity index (χ1) is 18.5. The van der Waals surface area contributed by atoms with Crippen molar-refractivity contribution >= 4 is 17.3 Å². The van der Waals surface area contributed by atoms with Crippen molar-refractivity contribution in [3.8, 4) is 22.8 Å². The van der Waals surface area contributed by atoms with E-state index in [0.717, 1.165) is 42.0 Å². The van der Waals surface area contributed by atoms with Gasteiger partial charge in [0.2, 0.25) is 0 Å². The van der Waals surface area contributed by atoms with Crippen LogP contribution in [0, 0.1) is 0 Å². The molecule has 1 saturated carbocycles. The zero-order valence-electron chi connectivity index (χ0n) is 21.0. The molecule has 0 spiro atoms. The quantitative estimate of drug-likeness (QED) is 0.418. The predicted octanol–water partition coefficient (Wildman–Crippen LogP) is 3.18. The molecular weight excluding hydrogens is 484 g/mol. The molecule has 2 atom stereocenters. The molecule has 3 aromatic heterocycles. The lowest BCUT2D eigenvalue weighted by molar-refractivity contribution is 0.102. The number of ether oxygens (including phenoxy) is 1. The van der Waals surface area contributed by atoms with Crippen LogP contribution in [0.2, 0.25) is 0 Å². The zero-order valence-corrected chi connectivity index (χ0v) is 21.0. The lowest BCUT2D eigenvalue weighted by atomic mass is 10.1. The molecule has 3 aliphatic rings. The largest absolute Gasteiger partial charge is 0.488 e. The average molecular weight is 513 g/mol. The molecule has 2 aliphatic heterocycles. The second-order valence-corrected chi connectivity index (χ2v) is 10.3. The summed E-state index contributed by atoms with van der Waals surface area (Å²) >= 11 is 0. The number of pyridine rings is 1. The van der Waals surface area contributed by atoms with Crippen LogP contribution in [0.3, 0.4) is 0 Å². The first-order valence-electron chi connectivity index (χ1n) is 13.0. The number of anilines is 2. The molecule has 7 rings (SSSR count). The van der Waals surface area contributed by atoms with Crippen molar-refractivity contribution in [3.05, 3.63) is 60.7 Å². The molecule has 0 radical (unpaired) electrons. The Hall–Kier alpha value is -4.25. The fraction of sp³-hybridized carbons (Fsp3) is 0.370. The van der Waals surface area contributed by atoms with Crippen LogP contribution in [0.4, 0.5) is 11.4 Å². The smallest absolute Gasteiger partial charge is 0.274 e. The predicted molar refractivity (Wildman–Crippen MR) is 140 cm³/mol. The molecule has 38 heavy (non-hydrogen) atoms. The number of aromatic nitrogens is 6. The number of nitrogens with zero attached hydrogens (tertiary/aromatic N) is 7. The molecule has 194 valence electrons. The molecule has 0 unspecified atom stereocenters. The molecule has 11 heteroatoms. The van der Waals surface area contributed by atoms with Crippen molar-refractivity contribution in [2.24, 2.45) is 0 Å². The van der Waals surface area contributed by atoms with Gasteiger partial charge in [-0.3, -0.25) is 4.79 Å². The molecule has 5 heterocycles. The summed E-state index contributed by atoms with van der Waals surface area (Å²) in [5.74, 6) is 1.42. The Morgan fingerprint density at radius 2 is 2.05 bits per heavy atom. The standard InChI is InChI=1S/C27H28N8O3/c1-16-13-38-25-19(26-29-14-31-35(16)26)3-2-4-20(25)32-27(37)21-9-23(34-12-22(30-15-34)17-5-6-17)24(10-28-21)33-8-7-18(36)11-33/h2-4,9-10,12,14-18,36H,5-8,11,13H2,1H3,(H,32,37)/t16-,18+/m0/s1. The molecule has 2 N–H and O–H groups in total. The minimum absolute atomic E-state index is 0.0000340. The van der Waals surface area contributed by atoms with Gasteiger partial charge < -0.3 is 24.6 Å². The van der Waals surface area contributed by atoms with Crippen LogP contribution in [0.5, 0.6) is 5.75 Å². The van der Waals surface area contributed by atoms with Gasteiger partial charge in [0.1, 0.15) is 18.6 Å². The summed E-state index contributed by atoms with van der Waals surface area (Å²) in [4.78, 5) is 29.1. The first kappa shape index (κ1) is 22.9. The van der Waals surface area contributed by atoms with Crippen LogP contribution in [-0.4, -0.2) is 66.1 Å². The highest BCUT2D eigenvalue weighted by Crippen LogP contribution is 2.40. The number of amides is 1. The van der Waals surface area contributed by atoms with E-state index in [1.54, 1.807) is 18.6 Å². The minimum Gasteiger partial charge on any atom is -0.488 e. The maximum atomic E-state index is 13.5. The molecule has 1 saturated heterocycles. The first-order valence-corrected chi connectivity index (χ1v) is 13.0. The highest BCUT2D eigenvalue weighted by molar-refractivity contribution is 6.05. The monoisotopic (exact) mass is 512 g/mol. The highest BCUT2D eigenvalue weighted by Gasteiger charge is 2.29. The summed E-state index contributed by atoms with van der Waals surface area (Å²) in [6.45, 7) is 3.67. The van der Waals surface area contributed by atoms with Gasteiger partial charge in [0, 0.05) is 25.2 Å². The van der Waals surface area contributed by atoms with Crippen LogP contribution >= 0.6 is 0 Å². The van der Waals surface area contributed by atoms with E-state index in [2.05, 4.69) is 30.3 Å². The Morgan fingerprint density at radius 3 is 2.87 bits per heavy atom. The number of para-hydroxylation sites is 1. The number of β-amino-alcohol motifs (C(OH)–C–C–N with tert-alkyl or cyclic N) is 1. The summed E-state index contributed by atoms with van der Waals surface area (Å²) in [5, 5.41) is 17.5. The molecule has 1 aliphatic carbocycles. The molecule has 1 amide bonds. The number of aliphatic hydroxyl groups is 1. The van der Waals surface area contributed by atoms with Crippen molar-refractivity contribution in [2.45, 2.75) is 44.2 Å². The summed E-state index contributed by atoms with van der Waals surface area (Å²) < 4.78 is 9.90. The number of carbonyl (C=O) groups is 1. The van der Waals surface area contributed by atoms with Gasteiger partial charge >= 0.3 is 0 Å². The van der Waals surface area contributed by atoms with E-state index in [1.807, 2.05) is 40.6 Å². The number of hydrogen-bond acceptors (Lipinski definition) is 8. The van der Waals surface area contributed by atoms with Crippen LogP contribution in [-0.2, 0) is 0 Å². The summed E-state index contributed by atoms with van der Waals surface area (Å²) in [5.41, 5.74) is 4.32. The van der Waals surface area contributed by atoms with E-state index < -0.39 is 0 Å². The minimum atomic E-state index is -0.377. The number of rotatable bonds is 5. The number of benzene rings is 1. The molecule has 4 aromatic rings. The third-order valence-corrected chi connectivity index (χ3v) is 7.44. The van der Waals surface area contributed by atoms with Crippen molar-refractivity contribution in [1.82, 2.24) is 29.3 Å². The van der Waals surface area contributed by atoms with E-state index in [-0.39, 0.29) is 23.7 Å². The number of hydrogen-bond donors (Lipinski definition) is 2. The third-order valence-electron chi connectivity index (χ3n) is 7.44. The second kappa shape index (κ2) is 8.95. The Bertz CT molecular complexity index is 1520. The second-order valence-electron chi connectivity index (χ2n) is 10.3. The summed E-state index contributed by atoms with van der Waals surface area (Å²) in [7, 11) is 0. The molecule has 1 aromatic carbocycles. The van der Waals surface area contributed by atoms with Gasteiger partial charge in [-0.1, -0.05) is 6.07 Å². The van der Waals surface area contributed by atoms with Crippen LogP contribution in [0.1, 0.15) is 54.3 Å². The van der Waals surface area contributed by atoms with Crippen LogP contribution in [0.25, 0.3) is 17.1 Å². The fourth-order valence-corrected chi connectivity index (χ4v) is 5.23. The van der Waals surface area contributed by atoms with Gasteiger partial charge in [0.25, 0.3) is 5.91 Å². The van der Waals surface area contributed by atoms with E-state index in [1.165, 1.54) is 6.33 Å². The number of fused-ring (bicyclic) bond motifs is 3. The van der Waals surface area contributed by atoms with Crippen LogP contribution in [0.15, 0.2) is 49.3 Å². The average Bonchev–Trinajstić information content (AvgIpc) is 3.29. The number of nitrogens with one attached hydrogen (secondary N) is 1. The lowest BCUT2D eigenvalue weighted by Crippen LogP contribution is -2.24. The van der Waals surface area contributed by atoms with E-state index >= 15 is 0 Å². The van der Waals surface area contributed by atoms with Gasteiger partial charge in [-0.15, -0.1) is 0 Å². The SMILES string of the molecule is C[C@H]1COc2c(NC(=O)c3cc(-n4cnc(C5CC5)c4)c(N4CC[C@@H](O)C4)cn3)cccc2-c2ncnn21. The number of carbonyl (C=O) groups excluding carboxylic acids is 1. The maximum absolute atomic E-state index is 13.5. The van der Waals surface area contributed by atoms with Gasteiger partial charge in [0.15, 0.2) is 11.6 Å². The number of imidazole rings is 1. The lowest BCUT2D eigenvalue weighted by Gasteiger charge is -2.22. The molecule has 0 bridgehead atoms. The molecule has 2 fully saturated rings. The summed E-state index contributed by atoms with van der Waals surface area (Å²) in [6.07, 6.45) is 9.71. The summed E-state index contributed by atoms with van der Waals surface area (Å²) in [6, 6.07) is 7.37. The Balaban J connectivity index is 1.23. The molecular formula is C27H28N8O3. The van der Waals surface area contributed by atoms with E-state index in [0.29, 0.717) is 42.8 Å². The van der Waals surface area contributed by atoms with E-state index in [9.17, 15) is 9.90 Å². The highest BCUT2D eigenvalue weighted by atomic mass is 16.5. The van der Waals surface area contributed by atoms with E-state index in [4.69, 9.17) is 4.74 Å². The molecule has 11 nitrogen and oxygen atoms in total. The van der Waals surface area contributed by atoms with Crippen molar-refractivity contribution in [1.29, 1.82) is 0 Å². The van der Waals surface area contributed by atoms with Gasteiger partial charge in [-0.25, -0.2) is 19.6 Å². The Morgan fingerprint density at radius 1 is 1.16 bits per heavy atom. The number of aliphatic hydroxyl groups excluding tert-OH is 1. The Labute approximate surface area is 219 Å². The van der Waals surface area contributed by atoms with Gasteiger partial charge in [-0.2, -0.15) is 5.10 Å². The topological polar surface area (TPSA) is 123 Å².